The van der Waals surface area contributed by atoms with E-state index in [0.717, 1.165) is 24.1 Å². The van der Waals surface area contributed by atoms with Gasteiger partial charge in [0.1, 0.15) is 5.69 Å². The number of hydrogen-bond donors (Lipinski definition) is 1. The molecule has 0 bridgehead atoms. The van der Waals surface area contributed by atoms with Crippen LogP contribution in [-0.4, -0.2) is 21.1 Å². The molecule has 1 aliphatic rings. The van der Waals surface area contributed by atoms with Gasteiger partial charge in [-0.2, -0.15) is 0 Å². The summed E-state index contributed by atoms with van der Waals surface area (Å²) in [6.45, 7) is 0. The molecule has 0 unspecified atom stereocenters. The third-order valence-corrected chi connectivity index (χ3v) is 4.85. The Bertz CT molecular complexity index is 847. The van der Waals surface area contributed by atoms with Crippen molar-refractivity contribution in [1.29, 1.82) is 0 Å². The zero-order chi connectivity index (χ0) is 15.6. The maximum absolute atomic E-state index is 12.5. The van der Waals surface area contributed by atoms with E-state index in [1.165, 1.54) is 16.9 Å². The van der Waals surface area contributed by atoms with Crippen LogP contribution in [0.1, 0.15) is 23.5 Å². The molecule has 0 radical (unpaired) electrons. The van der Waals surface area contributed by atoms with E-state index in [0.29, 0.717) is 10.1 Å². The van der Waals surface area contributed by atoms with Crippen LogP contribution < -0.4 is 5.32 Å². The summed E-state index contributed by atoms with van der Waals surface area (Å²) in [6, 6.07) is 13.7. The van der Waals surface area contributed by atoms with Crippen LogP contribution in [0.5, 0.6) is 0 Å². The average Bonchev–Trinajstić information content (AvgIpc) is 3.22. The lowest BCUT2D eigenvalue weighted by atomic mass is 10.0. The van der Waals surface area contributed by atoms with E-state index >= 15 is 0 Å². The first kappa shape index (κ1) is 14.0. The lowest BCUT2D eigenvalue weighted by Gasteiger charge is -2.10. The fraction of sp³-hybridized carbons (Fsp3) is 0.176. The summed E-state index contributed by atoms with van der Waals surface area (Å²) >= 11 is 1.34. The molecule has 0 fully saturated rings. The van der Waals surface area contributed by atoms with Crippen LogP contribution >= 0.6 is 11.3 Å². The molecule has 23 heavy (non-hydrogen) atoms. The van der Waals surface area contributed by atoms with E-state index < -0.39 is 0 Å². The summed E-state index contributed by atoms with van der Waals surface area (Å²) in [6.07, 6.45) is 3.51. The van der Waals surface area contributed by atoms with Gasteiger partial charge >= 0.3 is 0 Å². The first-order chi connectivity index (χ1) is 11.3. The number of carbonyl (C=O) groups is 1. The highest BCUT2D eigenvalue weighted by atomic mass is 32.1. The van der Waals surface area contributed by atoms with Gasteiger partial charge in [0.05, 0.1) is 5.92 Å². The Hall–Kier alpha value is -2.60. The molecule has 0 aliphatic heterocycles. The maximum Gasteiger partial charge on any atom is 0.233 e. The number of nitrogens with one attached hydrogen (secondary N) is 1. The number of benzene rings is 1. The number of carbonyl (C=O) groups excluding carboxylic acids is 1. The zero-order valence-corrected chi connectivity index (χ0v) is 13.1. The van der Waals surface area contributed by atoms with E-state index in [9.17, 15) is 4.79 Å². The predicted molar refractivity (Wildman–Crippen MR) is 89.3 cm³/mol. The lowest BCUT2D eigenvalue weighted by Crippen LogP contribution is -2.19. The van der Waals surface area contributed by atoms with E-state index in [1.54, 1.807) is 6.20 Å². The van der Waals surface area contributed by atoms with E-state index in [4.69, 9.17) is 0 Å². The molecule has 0 saturated carbocycles. The molecule has 0 spiro atoms. The van der Waals surface area contributed by atoms with Crippen LogP contribution in [0.2, 0.25) is 0 Å². The Kier molecular flexibility index (Phi) is 3.59. The van der Waals surface area contributed by atoms with Gasteiger partial charge in [-0.3, -0.25) is 15.1 Å². The molecular weight excluding hydrogens is 308 g/mol. The van der Waals surface area contributed by atoms with Crippen LogP contribution in [0.25, 0.3) is 10.7 Å². The molecule has 4 rings (SSSR count). The summed E-state index contributed by atoms with van der Waals surface area (Å²) in [7, 11) is 0. The van der Waals surface area contributed by atoms with Gasteiger partial charge in [0.15, 0.2) is 5.01 Å². The molecule has 2 heterocycles. The number of rotatable bonds is 3. The quantitative estimate of drug-likeness (QED) is 0.803. The lowest BCUT2D eigenvalue weighted by molar-refractivity contribution is -0.117. The Balaban J connectivity index is 1.51. The first-order valence-electron chi connectivity index (χ1n) is 7.45. The molecule has 1 N–H and O–H groups in total. The summed E-state index contributed by atoms with van der Waals surface area (Å²) in [5.74, 6) is -0.118. The van der Waals surface area contributed by atoms with Gasteiger partial charge in [0.2, 0.25) is 11.0 Å². The van der Waals surface area contributed by atoms with E-state index in [-0.39, 0.29) is 11.8 Å². The molecule has 1 aliphatic carbocycles. The molecule has 5 nitrogen and oxygen atoms in total. The number of fused-ring (bicyclic) bond motifs is 1. The summed E-state index contributed by atoms with van der Waals surface area (Å²) in [4.78, 5) is 16.8. The Morgan fingerprint density at radius 1 is 1.13 bits per heavy atom. The molecule has 6 heteroatoms. The minimum atomic E-state index is -0.103. The van der Waals surface area contributed by atoms with Crippen molar-refractivity contribution in [2.45, 2.75) is 18.8 Å². The van der Waals surface area contributed by atoms with Gasteiger partial charge < -0.3 is 0 Å². The molecule has 1 amide bonds. The van der Waals surface area contributed by atoms with Gasteiger partial charge in [0, 0.05) is 6.20 Å². The number of amides is 1. The highest BCUT2D eigenvalue weighted by molar-refractivity contribution is 7.18. The van der Waals surface area contributed by atoms with Crippen molar-refractivity contribution in [1.82, 2.24) is 15.2 Å². The number of pyridine rings is 1. The van der Waals surface area contributed by atoms with Crippen molar-refractivity contribution < 1.29 is 4.79 Å². The second-order valence-corrected chi connectivity index (χ2v) is 6.38. The SMILES string of the molecule is O=C(Nc1nnc(-c2ccccn2)s1)[C@H]1CCc2ccccc21. The van der Waals surface area contributed by atoms with Crippen LogP contribution in [-0.2, 0) is 11.2 Å². The summed E-state index contributed by atoms with van der Waals surface area (Å²) in [5, 5.41) is 12.3. The second kappa shape index (κ2) is 5.89. The third kappa shape index (κ3) is 2.73. The van der Waals surface area contributed by atoms with Crippen molar-refractivity contribution in [3.8, 4) is 10.7 Å². The minimum Gasteiger partial charge on any atom is -0.300 e. The van der Waals surface area contributed by atoms with Crippen LogP contribution in [0.4, 0.5) is 5.13 Å². The number of hydrogen-bond acceptors (Lipinski definition) is 5. The fourth-order valence-corrected chi connectivity index (χ4v) is 3.61. The average molecular weight is 322 g/mol. The van der Waals surface area contributed by atoms with E-state index in [1.807, 2.05) is 36.4 Å². The molecule has 114 valence electrons. The topological polar surface area (TPSA) is 67.8 Å². The largest absolute Gasteiger partial charge is 0.300 e. The van der Waals surface area contributed by atoms with Gasteiger partial charge in [0.25, 0.3) is 0 Å². The molecule has 2 aromatic heterocycles. The van der Waals surface area contributed by atoms with Crippen molar-refractivity contribution in [2.75, 3.05) is 5.32 Å². The van der Waals surface area contributed by atoms with Crippen LogP contribution in [0, 0.1) is 0 Å². The number of nitrogens with zero attached hydrogens (tertiary/aromatic N) is 3. The summed E-state index contributed by atoms with van der Waals surface area (Å²) in [5.41, 5.74) is 3.15. The molecular formula is C17H14N4OS. The number of aromatic nitrogens is 3. The van der Waals surface area contributed by atoms with Crippen LogP contribution in [0.15, 0.2) is 48.7 Å². The van der Waals surface area contributed by atoms with Crippen molar-refractivity contribution >= 4 is 22.4 Å². The smallest absolute Gasteiger partial charge is 0.233 e. The Morgan fingerprint density at radius 2 is 2.00 bits per heavy atom. The van der Waals surface area contributed by atoms with Crippen molar-refractivity contribution in [3.63, 3.8) is 0 Å². The van der Waals surface area contributed by atoms with E-state index in [2.05, 4.69) is 26.6 Å². The highest BCUT2D eigenvalue weighted by Gasteiger charge is 2.28. The summed E-state index contributed by atoms with van der Waals surface area (Å²) < 4.78 is 0. The van der Waals surface area contributed by atoms with Gasteiger partial charge in [-0.15, -0.1) is 10.2 Å². The third-order valence-electron chi connectivity index (χ3n) is 3.99. The number of anilines is 1. The maximum atomic E-state index is 12.5. The Labute approximate surface area is 137 Å². The minimum absolute atomic E-state index is 0.0151. The fourth-order valence-electron chi connectivity index (χ4n) is 2.89. The van der Waals surface area contributed by atoms with Crippen molar-refractivity contribution in [2.24, 2.45) is 0 Å². The first-order valence-corrected chi connectivity index (χ1v) is 8.26. The molecule has 0 saturated heterocycles. The Morgan fingerprint density at radius 3 is 2.87 bits per heavy atom. The monoisotopic (exact) mass is 322 g/mol. The normalized spacial score (nSPS) is 16.1. The van der Waals surface area contributed by atoms with Gasteiger partial charge in [-0.25, -0.2) is 0 Å². The number of aryl methyl sites for hydroxylation is 1. The molecule has 1 atom stereocenters. The van der Waals surface area contributed by atoms with Gasteiger partial charge in [-0.1, -0.05) is 41.7 Å². The second-order valence-electron chi connectivity index (χ2n) is 5.41. The van der Waals surface area contributed by atoms with Crippen molar-refractivity contribution in [3.05, 3.63) is 59.8 Å². The zero-order valence-electron chi connectivity index (χ0n) is 12.3. The van der Waals surface area contributed by atoms with Crippen LogP contribution in [0.3, 0.4) is 0 Å². The molecule has 1 aromatic carbocycles. The highest BCUT2D eigenvalue weighted by Crippen LogP contribution is 2.34. The van der Waals surface area contributed by atoms with Gasteiger partial charge in [-0.05, 0) is 36.1 Å². The predicted octanol–water partition coefficient (Wildman–Crippen LogP) is 3.27. The standard InChI is InChI=1S/C17H14N4OS/c22-15(13-9-8-11-5-1-2-6-12(11)13)19-17-21-20-16(23-17)14-7-3-4-10-18-14/h1-7,10,13H,8-9H2,(H,19,21,22)/t13-/m0/s1. The molecule has 3 aromatic rings.